The van der Waals surface area contributed by atoms with E-state index >= 15 is 0 Å². The van der Waals surface area contributed by atoms with E-state index in [2.05, 4.69) is 5.43 Å². The van der Waals surface area contributed by atoms with Gasteiger partial charge in [0, 0.05) is 18.4 Å². The molecule has 0 aromatic heterocycles. The average Bonchev–Trinajstić information content (AvgIpc) is 3.09. The fourth-order valence-electron chi connectivity index (χ4n) is 2.73. The summed E-state index contributed by atoms with van der Waals surface area (Å²) in [7, 11) is 0. The number of nitrogens with one attached hydrogen (secondary N) is 1. The van der Waals surface area contributed by atoms with Crippen molar-refractivity contribution in [3.05, 3.63) is 54.1 Å². The van der Waals surface area contributed by atoms with Crippen molar-refractivity contribution in [3.8, 4) is 0 Å². The average molecular weight is 374 g/mol. The highest BCUT2D eigenvalue weighted by Gasteiger charge is 2.38. The zero-order valence-electron chi connectivity index (χ0n) is 14.8. The number of carboxylic acids is 2. The molecule has 1 aromatic rings. The zero-order valence-corrected chi connectivity index (χ0v) is 14.8. The Hall–Kier alpha value is -3.13. The maximum Gasteiger partial charge on any atom is 0.335 e. The van der Waals surface area contributed by atoms with Gasteiger partial charge in [-0.25, -0.2) is 4.79 Å². The fourth-order valence-corrected chi connectivity index (χ4v) is 2.73. The van der Waals surface area contributed by atoms with Gasteiger partial charge in [0.1, 0.15) is 0 Å². The number of hydrazine groups is 1. The van der Waals surface area contributed by atoms with Crippen LogP contribution in [0.4, 0.5) is 5.69 Å². The lowest BCUT2D eigenvalue weighted by atomic mass is 9.73. The predicted molar refractivity (Wildman–Crippen MR) is 97.7 cm³/mol. The molecule has 0 bridgehead atoms. The van der Waals surface area contributed by atoms with Gasteiger partial charge in [0.15, 0.2) is 0 Å². The molecule has 144 valence electrons. The van der Waals surface area contributed by atoms with Crippen LogP contribution in [0.5, 0.6) is 0 Å². The molecule has 3 rings (SSSR count). The predicted octanol–water partition coefficient (Wildman–Crippen LogP) is 1.19. The second-order valence-electron chi connectivity index (χ2n) is 6.51. The summed E-state index contributed by atoms with van der Waals surface area (Å²) in [5.41, 5.74) is 2.81. The first-order chi connectivity index (χ1) is 12.8. The Labute approximate surface area is 156 Å². The number of rotatable bonds is 4. The molecule has 1 heterocycles. The number of carboxylic acid groups (broad SMARTS) is 2. The third-order valence-corrected chi connectivity index (χ3v) is 4.44. The van der Waals surface area contributed by atoms with Crippen molar-refractivity contribution in [1.82, 2.24) is 5.43 Å². The molecule has 1 fully saturated rings. The Morgan fingerprint density at radius 1 is 1.26 bits per heavy atom. The monoisotopic (exact) mass is 374 g/mol. The topological polar surface area (TPSA) is 127 Å². The van der Waals surface area contributed by atoms with E-state index in [1.165, 1.54) is 12.2 Å². The molecule has 0 spiro atoms. The smallest absolute Gasteiger partial charge is 0.335 e. The zero-order chi connectivity index (χ0) is 20.0. The van der Waals surface area contributed by atoms with Crippen molar-refractivity contribution >= 4 is 23.5 Å². The fraction of sp³-hybridized carbons (Fsp3) is 0.316. The van der Waals surface area contributed by atoms with E-state index in [4.69, 9.17) is 15.3 Å². The van der Waals surface area contributed by atoms with Gasteiger partial charge < -0.3 is 15.3 Å². The molecule has 8 heteroatoms. The normalized spacial score (nSPS) is 23.8. The molecule has 2 aliphatic rings. The van der Waals surface area contributed by atoms with Crippen molar-refractivity contribution in [2.45, 2.75) is 13.3 Å². The van der Waals surface area contributed by atoms with Gasteiger partial charge in [-0.2, -0.15) is 0 Å². The Kier molecular flexibility index (Phi) is 6.36. The minimum Gasteiger partial charge on any atom is -0.481 e. The number of anilines is 1. The van der Waals surface area contributed by atoms with Crippen molar-refractivity contribution in [2.24, 2.45) is 11.3 Å². The van der Waals surface area contributed by atoms with Crippen LogP contribution < -0.4 is 10.4 Å². The first-order valence-electron chi connectivity index (χ1n) is 8.37. The van der Waals surface area contributed by atoms with Crippen LogP contribution >= 0.6 is 0 Å². The van der Waals surface area contributed by atoms with Gasteiger partial charge in [-0.1, -0.05) is 43.4 Å². The van der Waals surface area contributed by atoms with Crippen LogP contribution in [0.3, 0.4) is 0 Å². The number of hydrogen-bond acceptors (Lipinski definition) is 5. The van der Waals surface area contributed by atoms with Crippen molar-refractivity contribution in [3.63, 3.8) is 0 Å². The van der Waals surface area contributed by atoms with Crippen LogP contribution in [-0.2, 0) is 14.4 Å². The standard InChI is InChI=1S/C10H12O5.C9H10N2O/c1-10(5-11)3-2-6(8(12)13)4-7(10)9(14)15;12-9-6-7-11(10-9)8-4-2-1-3-5-8/h2-4,7,11H,5H2,1H3,(H,12,13)(H,14,15);1-5H,6-7H2,(H,10,12). The molecule has 2 unspecified atom stereocenters. The Morgan fingerprint density at radius 3 is 2.41 bits per heavy atom. The second kappa shape index (κ2) is 8.50. The summed E-state index contributed by atoms with van der Waals surface area (Å²) in [5.74, 6) is -3.23. The summed E-state index contributed by atoms with van der Waals surface area (Å²) in [6.45, 7) is 1.99. The second-order valence-corrected chi connectivity index (χ2v) is 6.51. The minimum atomic E-state index is -1.17. The quantitative estimate of drug-likeness (QED) is 0.623. The number of aliphatic hydroxyl groups is 1. The lowest BCUT2D eigenvalue weighted by Crippen LogP contribution is -2.36. The van der Waals surface area contributed by atoms with E-state index < -0.39 is 23.3 Å². The van der Waals surface area contributed by atoms with E-state index in [-0.39, 0.29) is 18.1 Å². The molecule has 0 saturated carbocycles. The number of aliphatic carboxylic acids is 2. The van der Waals surface area contributed by atoms with Crippen molar-refractivity contribution in [1.29, 1.82) is 0 Å². The summed E-state index contributed by atoms with van der Waals surface area (Å²) < 4.78 is 0. The summed E-state index contributed by atoms with van der Waals surface area (Å²) in [4.78, 5) is 32.4. The highest BCUT2D eigenvalue weighted by molar-refractivity contribution is 5.92. The number of amides is 1. The van der Waals surface area contributed by atoms with Gasteiger partial charge in [0.2, 0.25) is 5.91 Å². The number of carbonyl (C=O) groups is 3. The van der Waals surface area contributed by atoms with Crippen LogP contribution in [0.2, 0.25) is 0 Å². The van der Waals surface area contributed by atoms with Gasteiger partial charge in [0.25, 0.3) is 0 Å². The number of carbonyl (C=O) groups excluding carboxylic acids is 1. The maximum absolute atomic E-state index is 10.9. The van der Waals surface area contributed by atoms with Gasteiger partial charge in [-0.05, 0) is 12.1 Å². The highest BCUT2D eigenvalue weighted by atomic mass is 16.4. The molecule has 1 saturated heterocycles. The molecule has 27 heavy (non-hydrogen) atoms. The minimum absolute atomic E-state index is 0.0617. The number of nitrogens with zero attached hydrogens (tertiary/aromatic N) is 1. The molecule has 0 radical (unpaired) electrons. The molecule has 1 aliphatic carbocycles. The van der Waals surface area contributed by atoms with Crippen LogP contribution in [0.15, 0.2) is 54.1 Å². The lowest BCUT2D eigenvalue weighted by molar-refractivity contribution is -0.143. The first-order valence-corrected chi connectivity index (χ1v) is 8.37. The number of aliphatic hydroxyl groups excluding tert-OH is 1. The van der Waals surface area contributed by atoms with Crippen LogP contribution in [0.25, 0.3) is 0 Å². The summed E-state index contributed by atoms with van der Waals surface area (Å²) in [6, 6.07) is 9.83. The summed E-state index contributed by atoms with van der Waals surface area (Å²) >= 11 is 0. The van der Waals surface area contributed by atoms with E-state index in [1.807, 2.05) is 35.3 Å². The van der Waals surface area contributed by atoms with E-state index in [1.54, 1.807) is 6.92 Å². The Balaban J connectivity index is 0.000000198. The van der Waals surface area contributed by atoms with E-state index in [0.717, 1.165) is 18.3 Å². The summed E-state index contributed by atoms with van der Waals surface area (Å²) in [6.07, 6.45) is 4.49. The first kappa shape index (κ1) is 20.2. The SMILES string of the molecule is CC1(CO)C=CC(C(=O)O)=CC1C(=O)O.O=C1CCN(c2ccccc2)N1. The molecular formula is C19H22N2O6. The molecular weight excluding hydrogens is 352 g/mol. The molecule has 8 nitrogen and oxygen atoms in total. The van der Waals surface area contributed by atoms with E-state index in [0.29, 0.717) is 6.42 Å². The number of para-hydroxylation sites is 1. The largest absolute Gasteiger partial charge is 0.481 e. The van der Waals surface area contributed by atoms with Crippen LogP contribution in [0.1, 0.15) is 13.3 Å². The van der Waals surface area contributed by atoms with Gasteiger partial charge in [-0.3, -0.25) is 20.0 Å². The van der Waals surface area contributed by atoms with Crippen LogP contribution in [0, 0.1) is 11.3 Å². The molecule has 1 aliphatic heterocycles. The van der Waals surface area contributed by atoms with Crippen LogP contribution in [-0.4, -0.2) is 46.3 Å². The van der Waals surface area contributed by atoms with Gasteiger partial charge >= 0.3 is 11.9 Å². The Bertz CT molecular complexity index is 774. The molecule has 1 amide bonds. The van der Waals surface area contributed by atoms with Crippen molar-refractivity contribution < 1.29 is 29.7 Å². The molecule has 1 aromatic carbocycles. The van der Waals surface area contributed by atoms with E-state index in [9.17, 15) is 14.4 Å². The highest BCUT2D eigenvalue weighted by Crippen LogP contribution is 2.34. The molecule has 4 N–H and O–H groups in total. The maximum atomic E-state index is 10.9. The third kappa shape index (κ3) is 4.95. The summed E-state index contributed by atoms with van der Waals surface area (Å²) in [5, 5.41) is 28.6. The van der Waals surface area contributed by atoms with Gasteiger partial charge in [-0.15, -0.1) is 0 Å². The number of benzene rings is 1. The number of hydrogen-bond donors (Lipinski definition) is 4. The lowest BCUT2D eigenvalue weighted by Gasteiger charge is -2.31. The molecule has 2 atom stereocenters. The third-order valence-electron chi connectivity index (χ3n) is 4.44. The van der Waals surface area contributed by atoms with Crippen molar-refractivity contribution in [2.75, 3.05) is 18.2 Å². The van der Waals surface area contributed by atoms with Gasteiger partial charge in [0.05, 0.1) is 23.8 Å². The Morgan fingerprint density at radius 2 is 1.93 bits per heavy atom.